The summed E-state index contributed by atoms with van der Waals surface area (Å²) < 4.78 is 1.99. The van der Waals surface area contributed by atoms with Crippen molar-refractivity contribution in [2.24, 2.45) is 0 Å². The molecule has 2 nitrogen and oxygen atoms in total. The fourth-order valence-corrected chi connectivity index (χ4v) is 1.32. The Morgan fingerprint density at radius 2 is 2.25 bits per heavy atom. The second-order valence-electron chi connectivity index (χ2n) is 2.97. The van der Waals surface area contributed by atoms with Crippen LogP contribution in [0.15, 0.2) is 12.3 Å². The predicted octanol–water partition coefficient (Wildman–Crippen LogP) is 2.60. The SMILES string of the molecule is Cc1ccn(CCCCCCl)n1. The molecule has 1 rings (SSSR count). The van der Waals surface area contributed by atoms with Crippen molar-refractivity contribution in [1.82, 2.24) is 9.78 Å². The van der Waals surface area contributed by atoms with Crippen LogP contribution >= 0.6 is 11.6 Å². The fraction of sp³-hybridized carbons (Fsp3) is 0.667. The molecule has 0 aliphatic heterocycles. The van der Waals surface area contributed by atoms with Crippen molar-refractivity contribution in [3.63, 3.8) is 0 Å². The average Bonchev–Trinajstić information content (AvgIpc) is 2.45. The van der Waals surface area contributed by atoms with Crippen LogP contribution in [0.25, 0.3) is 0 Å². The van der Waals surface area contributed by atoms with E-state index in [0.717, 1.165) is 24.5 Å². The maximum Gasteiger partial charge on any atom is 0.0593 e. The van der Waals surface area contributed by atoms with Gasteiger partial charge in [0.25, 0.3) is 0 Å². The minimum absolute atomic E-state index is 0.776. The van der Waals surface area contributed by atoms with Gasteiger partial charge in [-0.3, -0.25) is 4.68 Å². The van der Waals surface area contributed by atoms with Gasteiger partial charge in [-0.25, -0.2) is 0 Å². The summed E-state index contributed by atoms with van der Waals surface area (Å²) in [6, 6.07) is 2.03. The monoisotopic (exact) mass is 186 g/mol. The van der Waals surface area contributed by atoms with Crippen LogP contribution in [0.2, 0.25) is 0 Å². The van der Waals surface area contributed by atoms with Crippen LogP contribution < -0.4 is 0 Å². The highest BCUT2D eigenvalue weighted by Gasteiger charge is 1.93. The Kier molecular flexibility index (Phi) is 4.15. The van der Waals surface area contributed by atoms with E-state index in [4.69, 9.17) is 11.6 Å². The largest absolute Gasteiger partial charge is 0.273 e. The molecule has 0 fully saturated rings. The number of alkyl halides is 1. The second-order valence-corrected chi connectivity index (χ2v) is 3.35. The van der Waals surface area contributed by atoms with Gasteiger partial charge in [0.15, 0.2) is 0 Å². The van der Waals surface area contributed by atoms with Gasteiger partial charge in [-0.1, -0.05) is 6.42 Å². The van der Waals surface area contributed by atoms with Crippen molar-refractivity contribution in [1.29, 1.82) is 0 Å². The van der Waals surface area contributed by atoms with E-state index in [-0.39, 0.29) is 0 Å². The Labute approximate surface area is 78.5 Å². The van der Waals surface area contributed by atoms with Gasteiger partial charge in [-0.15, -0.1) is 11.6 Å². The van der Waals surface area contributed by atoms with Gasteiger partial charge < -0.3 is 0 Å². The van der Waals surface area contributed by atoms with Crippen LogP contribution in [0.5, 0.6) is 0 Å². The van der Waals surface area contributed by atoms with E-state index in [1.807, 2.05) is 23.9 Å². The normalized spacial score (nSPS) is 10.5. The molecule has 0 aliphatic rings. The highest BCUT2D eigenvalue weighted by Crippen LogP contribution is 2.00. The lowest BCUT2D eigenvalue weighted by molar-refractivity contribution is 0.551. The number of aromatic nitrogens is 2. The fourth-order valence-electron chi connectivity index (χ4n) is 1.13. The zero-order chi connectivity index (χ0) is 8.81. The summed E-state index contributed by atoms with van der Waals surface area (Å²) in [5.41, 5.74) is 1.09. The molecule has 0 aromatic carbocycles. The Morgan fingerprint density at radius 1 is 1.42 bits per heavy atom. The molecule has 1 aromatic rings. The van der Waals surface area contributed by atoms with E-state index < -0.39 is 0 Å². The molecular formula is C9H15ClN2. The Bertz CT molecular complexity index is 220. The molecule has 0 radical (unpaired) electrons. The zero-order valence-corrected chi connectivity index (χ0v) is 8.22. The number of aryl methyl sites for hydroxylation is 2. The highest BCUT2D eigenvalue weighted by molar-refractivity contribution is 6.17. The van der Waals surface area contributed by atoms with Crippen molar-refractivity contribution in [2.45, 2.75) is 32.7 Å². The topological polar surface area (TPSA) is 17.8 Å². The zero-order valence-electron chi connectivity index (χ0n) is 7.46. The third kappa shape index (κ3) is 3.26. The average molecular weight is 187 g/mol. The van der Waals surface area contributed by atoms with E-state index in [1.54, 1.807) is 0 Å². The summed E-state index contributed by atoms with van der Waals surface area (Å²) in [4.78, 5) is 0. The molecule has 12 heavy (non-hydrogen) atoms. The first-order valence-electron chi connectivity index (χ1n) is 4.39. The van der Waals surface area contributed by atoms with Gasteiger partial charge in [0, 0.05) is 18.6 Å². The maximum absolute atomic E-state index is 5.56. The molecule has 0 unspecified atom stereocenters. The Morgan fingerprint density at radius 3 is 2.83 bits per heavy atom. The molecule has 0 aliphatic carbocycles. The molecule has 0 atom stereocenters. The molecule has 68 valence electrons. The number of nitrogens with zero attached hydrogens (tertiary/aromatic N) is 2. The number of rotatable bonds is 5. The maximum atomic E-state index is 5.56. The van der Waals surface area contributed by atoms with Crippen molar-refractivity contribution >= 4 is 11.6 Å². The van der Waals surface area contributed by atoms with Crippen LogP contribution in [0.1, 0.15) is 25.0 Å². The molecule has 0 spiro atoms. The molecule has 0 amide bonds. The standard InChI is InChI=1S/C9H15ClN2/c1-9-5-8-12(11-9)7-4-2-3-6-10/h5,8H,2-4,6-7H2,1H3. The van der Waals surface area contributed by atoms with Crippen LogP contribution in [-0.4, -0.2) is 15.7 Å². The van der Waals surface area contributed by atoms with Gasteiger partial charge in [0.05, 0.1) is 5.69 Å². The minimum atomic E-state index is 0.776. The summed E-state index contributed by atoms with van der Waals surface area (Å²) in [7, 11) is 0. The number of halogens is 1. The first-order valence-corrected chi connectivity index (χ1v) is 4.92. The molecule has 0 saturated heterocycles. The van der Waals surface area contributed by atoms with Gasteiger partial charge in [-0.05, 0) is 25.8 Å². The Balaban J connectivity index is 2.15. The lowest BCUT2D eigenvalue weighted by Gasteiger charge is -1.99. The minimum Gasteiger partial charge on any atom is -0.273 e. The van der Waals surface area contributed by atoms with Gasteiger partial charge in [0.2, 0.25) is 0 Å². The van der Waals surface area contributed by atoms with Crippen LogP contribution in [0, 0.1) is 6.92 Å². The summed E-state index contributed by atoms with van der Waals surface area (Å²) in [5, 5.41) is 4.29. The number of hydrogen-bond acceptors (Lipinski definition) is 1. The summed E-state index contributed by atoms with van der Waals surface area (Å²) in [6.45, 7) is 3.03. The number of hydrogen-bond donors (Lipinski definition) is 0. The van der Waals surface area contributed by atoms with E-state index in [1.165, 1.54) is 12.8 Å². The highest BCUT2D eigenvalue weighted by atomic mass is 35.5. The van der Waals surface area contributed by atoms with Crippen molar-refractivity contribution in [3.05, 3.63) is 18.0 Å². The van der Waals surface area contributed by atoms with Crippen LogP contribution in [-0.2, 0) is 6.54 Å². The van der Waals surface area contributed by atoms with Crippen molar-refractivity contribution in [3.8, 4) is 0 Å². The summed E-state index contributed by atoms with van der Waals surface area (Å²) in [6.07, 6.45) is 5.51. The van der Waals surface area contributed by atoms with Crippen molar-refractivity contribution in [2.75, 3.05) is 5.88 Å². The quantitative estimate of drug-likeness (QED) is 0.511. The molecule has 0 N–H and O–H groups in total. The molecule has 3 heteroatoms. The van der Waals surface area contributed by atoms with E-state index in [2.05, 4.69) is 5.10 Å². The smallest absolute Gasteiger partial charge is 0.0593 e. The Hall–Kier alpha value is -0.500. The van der Waals surface area contributed by atoms with E-state index >= 15 is 0 Å². The second kappa shape index (κ2) is 5.20. The van der Waals surface area contributed by atoms with Crippen LogP contribution in [0.4, 0.5) is 0 Å². The molecular weight excluding hydrogens is 172 g/mol. The van der Waals surface area contributed by atoms with E-state index in [9.17, 15) is 0 Å². The first-order chi connectivity index (χ1) is 5.83. The van der Waals surface area contributed by atoms with Crippen LogP contribution in [0.3, 0.4) is 0 Å². The number of unbranched alkanes of at least 4 members (excludes halogenated alkanes) is 2. The lowest BCUT2D eigenvalue weighted by Crippen LogP contribution is -1.98. The lowest BCUT2D eigenvalue weighted by atomic mass is 10.2. The van der Waals surface area contributed by atoms with E-state index in [0.29, 0.717) is 0 Å². The molecule has 1 heterocycles. The van der Waals surface area contributed by atoms with Crippen molar-refractivity contribution < 1.29 is 0 Å². The van der Waals surface area contributed by atoms with Gasteiger partial charge in [-0.2, -0.15) is 5.10 Å². The third-order valence-corrected chi connectivity index (χ3v) is 2.06. The molecule has 0 bridgehead atoms. The molecule has 0 saturated carbocycles. The first kappa shape index (κ1) is 9.59. The summed E-state index contributed by atoms with van der Waals surface area (Å²) >= 11 is 5.56. The molecule has 1 aromatic heterocycles. The predicted molar refractivity (Wildman–Crippen MR) is 51.5 cm³/mol. The van der Waals surface area contributed by atoms with Gasteiger partial charge in [0.1, 0.15) is 0 Å². The van der Waals surface area contributed by atoms with Gasteiger partial charge >= 0.3 is 0 Å². The summed E-state index contributed by atoms with van der Waals surface area (Å²) in [5.74, 6) is 0.776. The third-order valence-electron chi connectivity index (χ3n) is 1.79.